The predicted octanol–water partition coefficient (Wildman–Crippen LogP) is 2.60. The highest BCUT2D eigenvalue weighted by Gasteiger charge is 2.29. The highest BCUT2D eigenvalue weighted by Crippen LogP contribution is 2.33. The molecule has 0 saturated carbocycles. The van der Waals surface area contributed by atoms with Gasteiger partial charge in [0.05, 0.1) is 21.2 Å². The maximum atomic E-state index is 12.4. The summed E-state index contributed by atoms with van der Waals surface area (Å²) in [4.78, 5) is 16.5. The van der Waals surface area contributed by atoms with Crippen LogP contribution in [-0.2, 0) is 4.79 Å². The summed E-state index contributed by atoms with van der Waals surface area (Å²) in [5, 5.41) is 7.45. The van der Waals surface area contributed by atoms with Crippen molar-refractivity contribution in [2.45, 2.75) is 18.2 Å². The minimum Gasteiger partial charge on any atom is -0.482 e. The number of benzene rings is 1. The number of amides is 1. The monoisotopic (exact) mass is 440 g/mol. The number of hydrogen-bond donors (Lipinski definition) is 2. The van der Waals surface area contributed by atoms with Crippen LogP contribution in [0, 0.1) is 0 Å². The van der Waals surface area contributed by atoms with Gasteiger partial charge in [-0.05, 0) is 12.5 Å². The zero-order valence-corrected chi connectivity index (χ0v) is 17.0. The highest BCUT2D eigenvalue weighted by molar-refractivity contribution is 6.43. The Hall–Kier alpha value is -0.470. The fraction of sp³-hybridized carbons (Fsp3) is 0.562. The molecule has 1 aromatic rings. The largest absolute Gasteiger partial charge is 0.482 e. The third-order valence-electron chi connectivity index (χ3n) is 4.51. The first-order chi connectivity index (χ1) is 12.4. The summed E-state index contributed by atoms with van der Waals surface area (Å²) in [6, 6.07) is 3.02. The van der Waals surface area contributed by atoms with E-state index in [1.54, 1.807) is 4.90 Å². The van der Waals surface area contributed by atoms with Gasteiger partial charge in [0.2, 0.25) is 0 Å². The number of carbonyl (C=O) groups is 1. The molecule has 144 valence electrons. The summed E-state index contributed by atoms with van der Waals surface area (Å²) in [7, 11) is 0. The van der Waals surface area contributed by atoms with Gasteiger partial charge in [-0.3, -0.25) is 20.3 Å². The van der Waals surface area contributed by atoms with Gasteiger partial charge in [-0.25, -0.2) is 0 Å². The quantitative estimate of drug-likeness (QED) is 0.427. The molecule has 2 aliphatic rings. The molecule has 1 amide bonds. The van der Waals surface area contributed by atoms with Crippen molar-refractivity contribution in [3.63, 3.8) is 0 Å². The summed E-state index contributed by atoms with van der Waals surface area (Å²) < 4.78 is 5.53. The van der Waals surface area contributed by atoms with E-state index in [1.807, 2.05) is 0 Å². The molecule has 3 rings (SSSR count). The molecule has 2 fully saturated rings. The van der Waals surface area contributed by atoms with Crippen molar-refractivity contribution in [3.8, 4) is 5.75 Å². The number of piperazine rings is 1. The second-order valence-corrected chi connectivity index (χ2v) is 7.85. The van der Waals surface area contributed by atoms with Crippen LogP contribution < -0.4 is 15.4 Å². The summed E-state index contributed by atoms with van der Waals surface area (Å²) in [6.07, 6.45) is 1.22. The molecule has 2 heterocycles. The maximum absolute atomic E-state index is 12.4. The van der Waals surface area contributed by atoms with Gasteiger partial charge < -0.3 is 9.64 Å². The van der Waals surface area contributed by atoms with Crippen molar-refractivity contribution >= 4 is 52.3 Å². The molecule has 10 heteroatoms. The van der Waals surface area contributed by atoms with Crippen LogP contribution in [-0.4, -0.2) is 66.8 Å². The lowest BCUT2D eigenvalue weighted by atomic mass is 10.2. The van der Waals surface area contributed by atoms with Crippen molar-refractivity contribution in [2.75, 3.05) is 39.3 Å². The van der Waals surface area contributed by atoms with Gasteiger partial charge in [-0.15, -0.1) is 0 Å². The van der Waals surface area contributed by atoms with Gasteiger partial charge in [0, 0.05) is 38.8 Å². The molecule has 0 aliphatic carbocycles. The molecular weight excluding hydrogens is 422 g/mol. The predicted molar refractivity (Wildman–Crippen MR) is 104 cm³/mol. The van der Waals surface area contributed by atoms with E-state index in [2.05, 4.69) is 15.5 Å². The molecule has 2 atom stereocenters. The van der Waals surface area contributed by atoms with Crippen LogP contribution in [0.15, 0.2) is 12.1 Å². The number of halogens is 4. The lowest BCUT2D eigenvalue weighted by molar-refractivity contribution is -0.135. The van der Waals surface area contributed by atoms with E-state index in [0.717, 1.165) is 26.1 Å². The van der Waals surface area contributed by atoms with E-state index in [4.69, 9.17) is 51.1 Å². The van der Waals surface area contributed by atoms with Gasteiger partial charge in [-0.1, -0.05) is 46.4 Å². The fourth-order valence-electron chi connectivity index (χ4n) is 3.07. The average molecular weight is 442 g/mol. The number of nitrogens with zero attached hydrogens (tertiary/aromatic N) is 2. The van der Waals surface area contributed by atoms with Crippen molar-refractivity contribution in [1.29, 1.82) is 0 Å². The molecule has 26 heavy (non-hydrogen) atoms. The van der Waals surface area contributed by atoms with E-state index < -0.39 is 0 Å². The van der Waals surface area contributed by atoms with Gasteiger partial charge in [0.1, 0.15) is 11.4 Å². The van der Waals surface area contributed by atoms with Gasteiger partial charge in [-0.2, -0.15) is 0 Å². The number of carbonyl (C=O) groups excluding carboxylic acids is 1. The van der Waals surface area contributed by atoms with Crippen molar-refractivity contribution in [3.05, 3.63) is 27.2 Å². The first-order valence-corrected chi connectivity index (χ1v) is 9.94. The van der Waals surface area contributed by atoms with Crippen LogP contribution in [0.4, 0.5) is 0 Å². The Kier molecular flexibility index (Phi) is 7.13. The van der Waals surface area contributed by atoms with Crippen molar-refractivity contribution in [1.82, 2.24) is 20.4 Å². The summed E-state index contributed by atoms with van der Waals surface area (Å²) in [5.74, 6) is 0.264. The number of hydrogen-bond acceptors (Lipinski definition) is 5. The average Bonchev–Trinajstić information content (AvgIpc) is 2.63. The molecule has 0 bridgehead atoms. The molecule has 2 N–H and O–H groups in total. The van der Waals surface area contributed by atoms with E-state index in [9.17, 15) is 4.79 Å². The SMILES string of the molecule is O=C(COc1cc(Cl)c(Cl)cc1Cl)N1CCN(C2CCNC(Cl)N2)CC1. The van der Waals surface area contributed by atoms with Crippen LogP contribution >= 0.6 is 46.4 Å². The van der Waals surface area contributed by atoms with Crippen LogP contribution in [0.2, 0.25) is 15.1 Å². The first-order valence-electron chi connectivity index (χ1n) is 8.36. The van der Waals surface area contributed by atoms with E-state index in [0.29, 0.717) is 33.9 Å². The normalized spacial score (nSPS) is 24.5. The number of ether oxygens (including phenoxy) is 1. The minimum atomic E-state index is -0.210. The fourth-order valence-corrected chi connectivity index (χ4v) is 3.92. The highest BCUT2D eigenvalue weighted by atomic mass is 35.5. The Labute approximate surface area is 172 Å². The van der Waals surface area contributed by atoms with Gasteiger partial charge in [0.15, 0.2) is 6.61 Å². The lowest BCUT2D eigenvalue weighted by Gasteiger charge is -2.42. The topological polar surface area (TPSA) is 56.8 Å². The Morgan fingerprint density at radius 1 is 1.12 bits per heavy atom. The van der Waals surface area contributed by atoms with Crippen LogP contribution in [0.5, 0.6) is 5.75 Å². The molecule has 2 aliphatic heterocycles. The molecule has 0 spiro atoms. The van der Waals surface area contributed by atoms with Crippen molar-refractivity contribution < 1.29 is 9.53 Å². The Bertz CT molecular complexity index is 655. The number of alkyl halides is 1. The maximum Gasteiger partial charge on any atom is 0.260 e. The molecular formula is C16H20Cl4N4O2. The lowest BCUT2D eigenvalue weighted by Crippen LogP contribution is -2.62. The van der Waals surface area contributed by atoms with Crippen LogP contribution in [0.1, 0.15) is 6.42 Å². The molecule has 1 aromatic carbocycles. The van der Waals surface area contributed by atoms with E-state index in [-0.39, 0.29) is 24.3 Å². The van der Waals surface area contributed by atoms with Gasteiger partial charge >= 0.3 is 0 Å². The third kappa shape index (κ3) is 5.07. The molecule has 0 radical (unpaired) electrons. The van der Waals surface area contributed by atoms with Gasteiger partial charge in [0.25, 0.3) is 5.91 Å². The minimum absolute atomic E-state index is 0.0831. The first kappa shape index (κ1) is 20.3. The zero-order valence-electron chi connectivity index (χ0n) is 14.0. The molecule has 0 aromatic heterocycles. The second-order valence-electron chi connectivity index (χ2n) is 6.19. The number of rotatable bonds is 4. The van der Waals surface area contributed by atoms with Crippen LogP contribution in [0.3, 0.4) is 0 Å². The molecule has 2 unspecified atom stereocenters. The van der Waals surface area contributed by atoms with E-state index >= 15 is 0 Å². The Balaban J connectivity index is 1.47. The third-order valence-corrected chi connectivity index (χ3v) is 5.81. The molecule has 2 saturated heterocycles. The summed E-state index contributed by atoms with van der Waals surface area (Å²) in [5.41, 5.74) is -0.210. The zero-order chi connectivity index (χ0) is 18.7. The summed E-state index contributed by atoms with van der Waals surface area (Å²) >= 11 is 24.0. The Morgan fingerprint density at radius 3 is 2.50 bits per heavy atom. The second kappa shape index (κ2) is 9.15. The Morgan fingerprint density at radius 2 is 1.81 bits per heavy atom. The number of nitrogens with one attached hydrogen (secondary N) is 2. The molecule has 6 nitrogen and oxygen atoms in total. The smallest absolute Gasteiger partial charge is 0.260 e. The van der Waals surface area contributed by atoms with Crippen LogP contribution in [0.25, 0.3) is 0 Å². The van der Waals surface area contributed by atoms with Crippen molar-refractivity contribution in [2.24, 2.45) is 0 Å². The summed E-state index contributed by atoms with van der Waals surface area (Å²) in [6.45, 7) is 3.67. The standard InChI is InChI=1S/C16H20Cl4N4O2/c17-10-7-12(19)13(8-11(10)18)26-9-15(25)24-5-3-23(4-6-24)14-1-2-21-16(20)22-14/h7-8,14,16,21-22H,1-6,9H2. The van der Waals surface area contributed by atoms with E-state index in [1.165, 1.54) is 12.1 Å².